The third-order valence-electron chi connectivity index (χ3n) is 2.04. The highest BCUT2D eigenvalue weighted by molar-refractivity contribution is 7.80. The van der Waals surface area contributed by atoms with Crippen molar-refractivity contribution in [3.63, 3.8) is 0 Å². The summed E-state index contributed by atoms with van der Waals surface area (Å²) in [4.78, 5) is 6.63. The van der Waals surface area contributed by atoms with Gasteiger partial charge in [0.05, 0.1) is 5.56 Å². The van der Waals surface area contributed by atoms with Gasteiger partial charge in [-0.1, -0.05) is 12.2 Å². The summed E-state index contributed by atoms with van der Waals surface area (Å²) in [5, 5.41) is 0. The van der Waals surface area contributed by atoms with Gasteiger partial charge in [0.15, 0.2) is 0 Å². The topological polar surface area (TPSA) is 51.4 Å². The highest BCUT2D eigenvalue weighted by atomic mass is 32.1. The van der Waals surface area contributed by atoms with Crippen molar-refractivity contribution in [1.82, 2.24) is 9.88 Å². The summed E-state index contributed by atoms with van der Waals surface area (Å²) in [7, 11) is 3.98. The Hall–Kier alpha value is -1.20. The summed E-state index contributed by atoms with van der Waals surface area (Å²) < 4.78 is 5.57. The summed E-state index contributed by atoms with van der Waals surface area (Å²) in [5.41, 5.74) is 7.18. The van der Waals surface area contributed by atoms with Gasteiger partial charge in [0, 0.05) is 12.2 Å². The second-order valence-corrected chi connectivity index (χ2v) is 4.26. The molecule has 4 nitrogen and oxygen atoms in total. The molecule has 88 valence electrons. The Balaban J connectivity index is 2.76. The molecule has 0 atom stereocenters. The molecule has 0 bridgehead atoms. The Bertz CT molecular complexity index is 379. The second-order valence-electron chi connectivity index (χ2n) is 3.82. The second kappa shape index (κ2) is 5.77. The number of hydrogen-bond donors (Lipinski definition) is 1. The molecule has 0 saturated carbocycles. The van der Waals surface area contributed by atoms with Gasteiger partial charge in [-0.25, -0.2) is 4.98 Å². The van der Waals surface area contributed by atoms with Crippen molar-refractivity contribution in [1.29, 1.82) is 0 Å². The fraction of sp³-hybridized carbons (Fsp3) is 0.455. The average Bonchev–Trinajstić information content (AvgIpc) is 2.16. The van der Waals surface area contributed by atoms with Crippen LogP contribution in [0.5, 0.6) is 5.88 Å². The molecule has 2 N–H and O–H groups in total. The van der Waals surface area contributed by atoms with Crippen LogP contribution < -0.4 is 10.5 Å². The third-order valence-corrected chi connectivity index (χ3v) is 2.26. The highest BCUT2D eigenvalue weighted by Crippen LogP contribution is 2.15. The first kappa shape index (κ1) is 12.9. The van der Waals surface area contributed by atoms with E-state index in [0.29, 0.717) is 23.0 Å². The van der Waals surface area contributed by atoms with Crippen molar-refractivity contribution < 1.29 is 4.74 Å². The molecule has 0 fully saturated rings. The van der Waals surface area contributed by atoms with Gasteiger partial charge in [0.25, 0.3) is 0 Å². The van der Waals surface area contributed by atoms with E-state index in [2.05, 4.69) is 4.98 Å². The zero-order valence-electron chi connectivity index (χ0n) is 9.86. The minimum atomic E-state index is 0.312. The standard InChI is InChI=1S/C11H17N3OS/c1-8-4-5-9(10(12)16)11(13-8)15-7-6-14(2)3/h4-5H,6-7H2,1-3H3,(H2,12,16). The number of nitrogens with two attached hydrogens (primary N) is 1. The van der Waals surface area contributed by atoms with Crippen LogP contribution in [0.3, 0.4) is 0 Å². The minimum Gasteiger partial charge on any atom is -0.476 e. The molecule has 1 heterocycles. The molecule has 0 aliphatic heterocycles. The number of thiocarbonyl (C=S) groups is 1. The third kappa shape index (κ3) is 3.75. The van der Waals surface area contributed by atoms with E-state index in [1.165, 1.54) is 0 Å². The number of nitrogens with zero attached hydrogens (tertiary/aromatic N) is 2. The SMILES string of the molecule is Cc1ccc(C(N)=S)c(OCCN(C)C)n1. The Morgan fingerprint density at radius 1 is 1.50 bits per heavy atom. The van der Waals surface area contributed by atoms with Crippen LogP contribution in [0, 0.1) is 6.92 Å². The average molecular weight is 239 g/mol. The largest absolute Gasteiger partial charge is 0.476 e. The van der Waals surface area contributed by atoms with Gasteiger partial charge in [0.1, 0.15) is 11.6 Å². The van der Waals surface area contributed by atoms with Crippen molar-refractivity contribution in [2.75, 3.05) is 27.2 Å². The summed E-state index contributed by atoms with van der Waals surface area (Å²) in [6.07, 6.45) is 0. The van der Waals surface area contributed by atoms with E-state index >= 15 is 0 Å². The number of aromatic nitrogens is 1. The van der Waals surface area contributed by atoms with E-state index in [4.69, 9.17) is 22.7 Å². The van der Waals surface area contributed by atoms with E-state index in [-0.39, 0.29) is 0 Å². The van der Waals surface area contributed by atoms with Crippen LogP contribution in [0.2, 0.25) is 0 Å². The van der Waals surface area contributed by atoms with Gasteiger partial charge in [-0.15, -0.1) is 0 Å². The monoisotopic (exact) mass is 239 g/mol. The Labute approximate surface area is 101 Å². The zero-order valence-corrected chi connectivity index (χ0v) is 10.7. The van der Waals surface area contributed by atoms with Crippen molar-refractivity contribution >= 4 is 17.2 Å². The lowest BCUT2D eigenvalue weighted by molar-refractivity contribution is 0.253. The Morgan fingerprint density at radius 3 is 2.75 bits per heavy atom. The van der Waals surface area contributed by atoms with Gasteiger partial charge in [0.2, 0.25) is 5.88 Å². The molecule has 0 saturated heterocycles. The van der Waals surface area contributed by atoms with Gasteiger partial charge < -0.3 is 15.4 Å². The number of hydrogen-bond acceptors (Lipinski definition) is 4. The summed E-state index contributed by atoms with van der Waals surface area (Å²) in [6, 6.07) is 3.71. The first-order chi connectivity index (χ1) is 7.50. The quantitative estimate of drug-likeness (QED) is 0.776. The van der Waals surface area contributed by atoms with Crippen LogP contribution in [-0.2, 0) is 0 Å². The molecule has 16 heavy (non-hydrogen) atoms. The number of rotatable bonds is 5. The molecular formula is C11H17N3OS. The van der Waals surface area contributed by atoms with Crippen molar-refractivity contribution in [3.05, 3.63) is 23.4 Å². The molecule has 0 unspecified atom stereocenters. The molecule has 1 rings (SSSR count). The van der Waals surface area contributed by atoms with Crippen LogP contribution in [0.1, 0.15) is 11.3 Å². The maximum atomic E-state index is 5.60. The smallest absolute Gasteiger partial charge is 0.224 e. The number of likely N-dealkylation sites (N-methyl/N-ethyl adjacent to an activating group) is 1. The van der Waals surface area contributed by atoms with E-state index in [0.717, 1.165) is 12.2 Å². The minimum absolute atomic E-state index is 0.312. The normalized spacial score (nSPS) is 10.5. The lowest BCUT2D eigenvalue weighted by Crippen LogP contribution is -2.21. The van der Waals surface area contributed by atoms with E-state index < -0.39 is 0 Å². The first-order valence-electron chi connectivity index (χ1n) is 5.05. The molecule has 1 aromatic heterocycles. The van der Waals surface area contributed by atoms with E-state index in [9.17, 15) is 0 Å². The molecule has 0 aliphatic carbocycles. The van der Waals surface area contributed by atoms with Crippen molar-refractivity contribution in [2.45, 2.75) is 6.92 Å². The van der Waals surface area contributed by atoms with Crippen molar-refractivity contribution in [2.24, 2.45) is 5.73 Å². The van der Waals surface area contributed by atoms with Crippen LogP contribution in [0.4, 0.5) is 0 Å². The maximum absolute atomic E-state index is 5.60. The van der Waals surface area contributed by atoms with Crippen molar-refractivity contribution in [3.8, 4) is 5.88 Å². The lowest BCUT2D eigenvalue weighted by atomic mass is 10.2. The molecule has 1 aromatic rings. The fourth-order valence-electron chi connectivity index (χ4n) is 1.16. The summed E-state index contributed by atoms with van der Waals surface area (Å²) in [5.74, 6) is 0.523. The van der Waals surface area contributed by atoms with Gasteiger partial charge >= 0.3 is 0 Å². The number of pyridine rings is 1. The zero-order chi connectivity index (χ0) is 12.1. The first-order valence-corrected chi connectivity index (χ1v) is 5.46. The predicted molar refractivity (Wildman–Crippen MR) is 68.9 cm³/mol. The van der Waals surface area contributed by atoms with Crippen LogP contribution in [-0.4, -0.2) is 42.1 Å². The predicted octanol–water partition coefficient (Wildman–Crippen LogP) is 0.965. The van der Waals surface area contributed by atoms with Gasteiger partial charge in [-0.2, -0.15) is 0 Å². The van der Waals surface area contributed by atoms with Gasteiger partial charge in [-0.3, -0.25) is 0 Å². The number of aryl methyl sites for hydroxylation is 1. The van der Waals surface area contributed by atoms with E-state index in [1.54, 1.807) is 0 Å². The van der Waals surface area contributed by atoms with Crippen LogP contribution in [0.25, 0.3) is 0 Å². The van der Waals surface area contributed by atoms with Crippen LogP contribution >= 0.6 is 12.2 Å². The summed E-state index contributed by atoms with van der Waals surface area (Å²) in [6.45, 7) is 3.30. The fourth-order valence-corrected chi connectivity index (χ4v) is 1.31. The van der Waals surface area contributed by atoms with E-state index in [1.807, 2.05) is 38.1 Å². The molecule has 0 radical (unpaired) electrons. The molecule has 0 aromatic carbocycles. The number of ether oxygens (including phenoxy) is 1. The Kier molecular flexibility index (Phi) is 4.64. The molecule has 0 aliphatic rings. The molecule has 5 heteroatoms. The summed E-state index contributed by atoms with van der Waals surface area (Å²) >= 11 is 4.94. The highest BCUT2D eigenvalue weighted by Gasteiger charge is 2.08. The maximum Gasteiger partial charge on any atom is 0.224 e. The molecular weight excluding hydrogens is 222 g/mol. The Morgan fingerprint density at radius 2 is 2.19 bits per heavy atom. The van der Waals surface area contributed by atoms with Gasteiger partial charge in [-0.05, 0) is 33.2 Å². The van der Waals surface area contributed by atoms with Crippen LogP contribution in [0.15, 0.2) is 12.1 Å². The molecule has 0 amide bonds. The lowest BCUT2D eigenvalue weighted by Gasteiger charge is -2.13. The molecule has 0 spiro atoms.